The summed E-state index contributed by atoms with van der Waals surface area (Å²) in [5.41, 5.74) is 9.75. The first kappa shape index (κ1) is 11.3. The summed E-state index contributed by atoms with van der Waals surface area (Å²) in [7, 11) is 3.04. The Balaban J connectivity index is 2.48. The third kappa shape index (κ3) is 1.79. The number of ether oxygens (including phenoxy) is 2. The van der Waals surface area contributed by atoms with E-state index < -0.39 is 6.04 Å². The van der Waals surface area contributed by atoms with Crippen molar-refractivity contribution in [3.05, 3.63) is 33.7 Å². The molecule has 1 unspecified atom stereocenters. The Kier molecular flexibility index (Phi) is 2.89. The SMILES string of the molecule is COc1cc2c(cc1OC)C(=O)C(N=[N+]=[N-])C2. The van der Waals surface area contributed by atoms with Crippen LogP contribution in [0, 0.1) is 0 Å². The van der Waals surface area contributed by atoms with Gasteiger partial charge in [0, 0.05) is 10.5 Å². The Labute approximate surface area is 97.8 Å². The van der Waals surface area contributed by atoms with E-state index in [1.807, 2.05) is 0 Å². The summed E-state index contributed by atoms with van der Waals surface area (Å²) in [6.07, 6.45) is 0.415. The number of hydrogen-bond acceptors (Lipinski definition) is 4. The Bertz CT molecular complexity index is 521. The van der Waals surface area contributed by atoms with Crippen LogP contribution < -0.4 is 9.47 Å². The number of fused-ring (bicyclic) bond motifs is 1. The van der Waals surface area contributed by atoms with Crippen molar-refractivity contribution in [1.29, 1.82) is 0 Å². The number of ketones is 1. The molecule has 6 heteroatoms. The van der Waals surface area contributed by atoms with Crippen LogP contribution in [0.2, 0.25) is 0 Å². The monoisotopic (exact) mass is 233 g/mol. The molecule has 0 bridgehead atoms. The second-order valence-electron chi connectivity index (χ2n) is 3.65. The number of carbonyl (C=O) groups excluding carboxylic acids is 1. The predicted octanol–water partition coefficient (Wildman–Crippen LogP) is 2.12. The second-order valence-corrected chi connectivity index (χ2v) is 3.65. The number of carbonyl (C=O) groups is 1. The predicted molar refractivity (Wildman–Crippen MR) is 60.5 cm³/mol. The van der Waals surface area contributed by atoms with Crippen LogP contribution in [-0.4, -0.2) is 26.0 Å². The van der Waals surface area contributed by atoms with E-state index in [9.17, 15) is 4.79 Å². The van der Waals surface area contributed by atoms with Crippen LogP contribution >= 0.6 is 0 Å². The molecule has 1 aliphatic rings. The van der Waals surface area contributed by atoms with Crippen LogP contribution in [0.15, 0.2) is 17.2 Å². The van der Waals surface area contributed by atoms with Crippen LogP contribution in [0.4, 0.5) is 0 Å². The lowest BCUT2D eigenvalue weighted by molar-refractivity contribution is 0.0974. The van der Waals surface area contributed by atoms with E-state index in [1.54, 1.807) is 12.1 Å². The van der Waals surface area contributed by atoms with Crippen LogP contribution in [0.5, 0.6) is 11.5 Å². The van der Waals surface area contributed by atoms with Gasteiger partial charge in [0.2, 0.25) is 0 Å². The van der Waals surface area contributed by atoms with E-state index in [-0.39, 0.29) is 5.78 Å². The standard InChI is InChI=1S/C11H11N3O3/c1-16-9-4-6-3-8(13-14-12)11(15)7(6)5-10(9)17-2/h4-5,8H,3H2,1-2H3. The molecule has 0 fully saturated rings. The summed E-state index contributed by atoms with van der Waals surface area (Å²) in [5, 5.41) is 3.48. The van der Waals surface area contributed by atoms with Crippen molar-refractivity contribution in [1.82, 2.24) is 0 Å². The van der Waals surface area contributed by atoms with Gasteiger partial charge in [-0.3, -0.25) is 4.79 Å². The number of azide groups is 1. The number of hydrogen-bond donors (Lipinski definition) is 0. The molecule has 0 radical (unpaired) electrons. The fourth-order valence-electron chi connectivity index (χ4n) is 1.96. The molecule has 1 aromatic rings. The highest BCUT2D eigenvalue weighted by atomic mass is 16.5. The number of benzene rings is 1. The smallest absolute Gasteiger partial charge is 0.172 e. The number of methoxy groups -OCH3 is 2. The molecule has 1 aromatic carbocycles. The molecular weight excluding hydrogens is 222 g/mol. The maximum absolute atomic E-state index is 11.9. The summed E-state index contributed by atoms with van der Waals surface area (Å²) in [6.45, 7) is 0. The van der Waals surface area contributed by atoms with Crippen molar-refractivity contribution >= 4 is 5.78 Å². The molecule has 0 amide bonds. The third-order valence-corrected chi connectivity index (χ3v) is 2.78. The normalized spacial score (nSPS) is 17.3. The van der Waals surface area contributed by atoms with Gasteiger partial charge >= 0.3 is 0 Å². The van der Waals surface area contributed by atoms with E-state index in [2.05, 4.69) is 10.0 Å². The lowest BCUT2D eigenvalue weighted by Gasteiger charge is -2.09. The van der Waals surface area contributed by atoms with Gasteiger partial charge in [-0.15, -0.1) is 0 Å². The highest BCUT2D eigenvalue weighted by molar-refractivity contribution is 6.05. The van der Waals surface area contributed by atoms with Crippen molar-refractivity contribution in [2.75, 3.05) is 14.2 Å². The van der Waals surface area contributed by atoms with Crippen molar-refractivity contribution in [3.8, 4) is 11.5 Å². The Morgan fingerprint density at radius 2 is 2.00 bits per heavy atom. The highest BCUT2D eigenvalue weighted by Crippen LogP contribution is 2.35. The van der Waals surface area contributed by atoms with Gasteiger partial charge in [-0.05, 0) is 29.6 Å². The molecule has 0 N–H and O–H groups in total. The van der Waals surface area contributed by atoms with Crippen LogP contribution in [0.1, 0.15) is 15.9 Å². The summed E-state index contributed by atoms with van der Waals surface area (Å²) < 4.78 is 10.3. The highest BCUT2D eigenvalue weighted by Gasteiger charge is 2.31. The summed E-state index contributed by atoms with van der Waals surface area (Å²) in [6, 6.07) is 2.73. The molecule has 1 atom stereocenters. The number of nitrogens with zero attached hydrogens (tertiary/aromatic N) is 3. The zero-order valence-electron chi connectivity index (χ0n) is 9.51. The largest absolute Gasteiger partial charge is 0.493 e. The van der Waals surface area contributed by atoms with Crippen molar-refractivity contribution in [3.63, 3.8) is 0 Å². The first-order chi connectivity index (χ1) is 8.21. The summed E-state index contributed by atoms with van der Waals surface area (Å²) in [4.78, 5) is 14.6. The van der Waals surface area contributed by atoms with E-state index in [0.717, 1.165) is 5.56 Å². The Morgan fingerprint density at radius 1 is 1.35 bits per heavy atom. The zero-order chi connectivity index (χ0) is 12.4. The van der Waals surface area contributed by atoms with Crippen molar-refractivity contribution < 1.29 is 14.3 Å². The lowest BCUT2D eigenvalue weighted by atomic mass is 10.1. The molecule has 0 saturated heterocycles. The maximum atomic E-state index is 11.9. The van der Waals surface area contributed by atoms with Crippen LogP contribution in [-0.2, 0) is 6.42 Å². The first-order valence-electron chi connectivity index (χ1n) is 5.04. The Hall–Kier alpha value is -2.20. The molecule has 0 saturated carbocycles. The van der Waals surface area contributed by atoms with E-state index >= 15 is 0 Å². The second kappa shape index (κ2) is 4.35. The quantitative estimate of drug-likeness (QED) is 0.455. The van der Waals surface area contributed by atoms with E-state index in [1.165, 1.54) is 14.2 Å². The van der Waals surface area contributed by atoms with Gasteiger partial charge < -0.3 is 9.47 Å². The van der Waals surface area contributed by atoms with Gasteiger partial charge in [0.15, 0.2) is 17.3 Å². The van der Waals surface area contributed by atoms with Gasteiger partial charge in [-0.25, -0.2) is 0 Å². The molecule has 0 spiro atoms. The van der Waals surface area contributed by atoms with Crippen molar-refractivity contribution in [2.24, 2.45) is 5.11 Å². The average Bonchev–Trinajstić information content (AvgIpc) is 2.65. The van der Waals surface area contributed by atoms with Crippen LogP contribution in [0.3, 0.4) is 0 Å². The fraction of sp³-hybridized carbons (Fsp3) is 0.364. The minimum absolute atomic E-state index is 0.168. The molecule has 6 nitrogen and oxygen atoms in total. The molecule has 2 rings (SSSR count). The van der Waals surface area contributed by atoms with E-state index in [0.29, 0.717) is 23.5 Å². The first-order valence-corrected chi connectivity index (χ1v) is 5.04. The minimum atomic E-state index is -0.646. The van der Waals surface area contributed by atoms with Gasteiger partial charge in [-0.2, -0.15) is 0 Å². The minimum Gasteiger partial charge on any atom is -0.493 e. The molecule has 88 valence electrons. The number of rotatable bonds is 3. The molecule has 17 heavy (non-hydrogen) atoms. The zero-order valence-corrected chi connectivity index (χ0v) is 9.51. The molecule has 0 aliphatic heterocycles. The average molecular weight is 233 g/mol. The molecule has 0 aromatic heterocycles. The van der Waals surface area contributed by atoms with E-state index in [4.69, 9.17) is 15.0 Å². The van der Waals surface area contributed by atoms with Crippen LogP contribution in [0.25, 0.3) is 10.4 Å². The molecule has 1 aliphatic carbocycles. The third-order valence-electron chi connectivity index (χ3n) is 2.78. The molecule has 0 heterocycles. The Morgan fingerprint density at radius 3 is 2.59 bits per heavy atom. The van der Waals surface area contributed by atoms with Crippen molar-refractivity contribution in [2.45, 2.75) is 12.5 Å². The fourth-order valence-corrected chi connectivity index (χ4v) is 1.96. The van der Waals surface area contributed by atoms with Gasteiger partial charge in [-0.1, -0.05) is 5.11 Å². The summed E-state index contributed by atoms with van der Waals surface area (Å²) in [5.74, 6) is 0.903. The maximum Gasteiger partial charge on any atom is 0.172 e. The lowest BCUT2D eigenvalue weighted by Crippen LogP contribution is -2.11. The molecular formula is C11H11N3O3. The summed E-state index contributed by atoms with van der Waals surface area (Å²) >= 11 is 0. The van der Waals surface area contributed by atoms with Gasteiger partial charge in [0.25, 0.3) is 0 Å². The number of Topliss-reactive ketones (excluding diaryl/α,β-unsaturated/α-hetero) is 1. The topological polar surface area (TPSA) is 84.3 Å². The van der Waals surface area contributed by atoms with Gasteiger partial charge in [0.1, 0.15) is 6.04 Å². The van der Waals surface area contributed by atoms with Gasteiger partial charge in [0.05, 0.1) is 14.2 Å².